The number of carbonyl (C=O) groups is 1. The summed E-state index contributed by atoms with van der Waals surface area (Å²) < 4.78 is 7.46. The van der Waals surface area contributed by atoms with Crippen molar-refractivity contribution in [2.45, 2.75) is 65.6 Å². The largest absolute Gasteiger partial charge is 0.506 e. The monoisotopic (exact) mass is 596 g/mol. The van der Waals surface area contributed by atoms with Gasteiger partial charge < -0.3 is 29.9 Å². The number of nitrogens with one attached hydrogen (secondary N) is 2. The lowest BCUT2D eigenvalue weighted by Gasteiger charge is -2.32. The summed E-state index contributed by atoms with van der Waals surface area (Å²) >= 11 is 0. The van der Waals surface area contributed by atoms with Crippen molar-refractivity contribution in [3.63, 3.8) is 0 Å². The zero-order chi connectivity index (χ0) is 31.3. The SMILES string of the molecule is Cc1cccc(/C=C/c2ccc3nc(NC4CCN(CCNC(=O)OC(C)(C)C)CC4)n(Cc4nc(C)ccc4O)c3c2)c1. The van der Waals surface area contributed by atoms with E-state index in [2.05, 4.69) is 86.6 Å². The highest BCUT2D eigenvalue weighted by Crippen LogP contribution is 2.27. The van der Waals surface area contributed by atoms with Crippen LogP contribution in [0.3, 0.4) is 0 Å². The van der Waals surface area contributed by atoms with E-state index in [1.54, 1.807) is 6.07 Å². The van der Waals surface area contributed by atoms with Crippen molar-refractivity contribution in [2.75, 3.05) is 31.5 Å². The minimum Gasteiger partial charge on any atom is -0.506 e. The van der Waals surface area contributed by atoms with Crippen LogP contribution in [0.1, 0.15) is 61.7 Å². The van der Waals surface area contributed by atoms with E-state index >= 15 is 0 Å². The number of imidazole rings is 1. The van der Waals surface area contributed by atoms with Gasteiger partial charge in [-0.1, -0.05) is 48.0 Å². The van der Waals surface area contributed by atoms with Gasteiger partial charge in [-0.05, 0) is 82.9 Å². The molecule has 44 heavy (non-hydrogen) atoms. The second-order valence-electron chi connectivity index (χ2n) is 12.6. The number of pyridine rings is 1. The van der Waals surface area contributed by atoms with Crippen LogP contribution < -0.4 is 10.6 Å². The summed E-state index contributed by atoms with van der Waals surface area (Å²) in [7, 11) is 0. The molecule has 0 spiro atoms. The number of hydrogen-bond donors (Lipinski definition) is 3. The number of alkyl carbamates (subject to hydrolysis) is 1. The maximum atomic E-state index is 12.0. The topological polar surface area (TPSA) is 105 Å². The summed E-state index contributed by atoms with van der Waals surface area (Å²) in [5.41, 5.74) is 6.28. The lowest BCUT2D eigenvalue weighted by atomic mass is 10.1. The average Bonchev–Trinajstić information content (AvgIpc) is 3.29. The zero-order valence-corrected chi connectivity index (χ0v) is 26.4. The van der Waals surface area contributed by atoms with Crippen LogP contribution in [0.2, 0.25) is 0 Å². The number of fused-ring (bicyclic) bond motifs is 1. The molecule has 2 aromatic carbocycles. The smallest absolute Gasteiger partial charge is 0.407 e. The van der Waals surface area contributed by atoms with Gasteiger partial charge in [0.25, 0.3) is 0 Å². The predicted molar refractivity (Wildman–Crippen MR) is 177 cm³/mol. The van der Waals surface area contributed by atoms with Crippen LogP contribution in [-0.2, 0) is 11.3 Å². The van der Waals surface area contributed by atoms with Gasteiger partial charge in [-0.3, -0.25) is 4.98 Å². The van der Waals surface area contributed by atoms with Crippen LogP contribution in [0.5, 0.6) is 5.75 Å². The first-order chi connectivity index (χ1) is 21.0. The van der Waals surface area contributed by atoms with Crippen LogP contribution in [0.15, 0.2) is 54.6 Å². The number of amides is 1. The summed E-state index contributed by atoms with van der Waals surface area (Å²) in [6, 6.07) is 18.5. The molecule has 1 fully saturated rings. The lowest BCUT2D eigenvalue weighted by Crippen LogP contribution is -2.43. The Bertz CT molecular complexity index is 1630. The summed E-state index contributed by atoms with van der Waals surface area (Å²) in [6.45, 7) is 13.2. The third kappa shape index (κ3) is 8.38. The molecule has 2 aromatic heterocycles. The highest BCUT2D eigenvalue weighted by molar-refractivity contribution is 5.83. The van der Waals surface area contributed by atoms with Gasteiger partial charge in [-0.2, -0.15) is 0 Å². The number of carbonyl (C=O) groups excluding carboxylic acids is 1. The number of piperidine rings is 1. The van der Waals surface area contributed by atoms with E-state index in [4.69, 9.17) is 9.72 Å². The number of rotatable bonds is 9. The van der Waals surface area contributed by atoms with E-state index < -0.39 is 5.60 Å². The minimum absolute atomic E-state index is 0.173. The number of aryl methyl sites for hydroxylation is 2. The number of anilines is 1. The molecule has 0 radical (unpaired) electrons. The number of aromatic nitrogens is 3. The molecule has 0 unspecified atom stereocenters. The molecular weight excluding hydrogens is 552 g/mol. The lowest BCUT2D eigenvalue weighted by molar-refractivity contribution is 0.0520. The van der Waals surface area contributed by atoms with Crippen molar-refractivity contribution in [2.24, 2.45) is 0 Å². The third-order valence-electron chi connectivity index (χ3n) is 7.70. The number of aromatic hydroxyl groups is 1. The summed E-state index contributed by atoms with van der Waals surface area (Å²) in [6.07, 6.45) is 5.77. The molecule has 1 aliphatic heterocycles. The molecule has 3 N–H and O–H groups in total. The van der Waals surface area contributed by atoms with Crippen LogP contribution in [0.4, 0.5) is 10.7 Å². The second kappa shape index (κ2) is 13.5. The zero-order valence-electron chi connectivity index (χ0n) is 26.4. The molecular formula is C35H44N6O3. The molecule has 0 aliphatic carbocycles. The number of nitrogens with zero attached hydrogens (tertiary/aromatic N) is 4. The Morgan fingerprint density at radius 2 is 1.77 bits per heavy atom. The molecule has 4 aromatic rings. The van der Waals surface area contributed by atoms with Gasteiger partial charge in [0.05, 0.1) is 17.6 Å². The maximum Gasteiger partial charge on any atom is 0.407 e. The standard InChI is InChI=1S/C35H44N6O3/c1-24-7-6-8-26(21-24)10-11-27-12-13-29-31(22-27)41(23-30-32(42)14-9-25(2)37-30)33(39-29)38-28-15-18-40(19-16-28)20-17-36-34(43)44-35(3,4)5/h6-14,21-22,28,42H,15-20,23H2,1-5H3,(H,36,43)(H,38,39)/b11-10+. The molecule has 5 rings (SSSR count). The van der Waals surface area contributed by atoms with Crippen molar-refractivity contribution in [3.05, 3.63) is 82.7 Å². The highest BCUT2D eigenvalue weighted by atomic mass is 16.6. The molecule has 1 saturated heterocycles. The minimum atomic E-state index is -0.502. The van der Waals surface area contributed by atoms with E-state index in [-0.39, 0.29) is 17.9 Å². The van der Waals surface area contributed by atoms with Crippen molar-refractivity contribution >= 4 is 35.2 Å². The summed E-state index contributed by atoms with van der Waals surface area (Å²) in [4.78, 5) is 24.0. The van der Waals surface area contributed by atoms with Gasteiger partial charge in [0.2, 0.25) is 5.95 Å². The van der Waals surface area contributed by atoms with Crippen LogP contribution in [0.25, 0.3) is 23.2 Å². The van der Waals surface area contributed by atoms with Gasteiger partial charge in [0.15, 0.2) is 0 Å². The third-order valence-corrected chi connectivity index (χ3v) is 7.70. The number of ether oxygens (including phenoxy) is 1. The quantitative estimate of drug-likeness (QED) is 0.193. The van der Waals surface area contributed by atoms with Gasteiger partial charge in [0, 0.05) is 37.9 Å². The van der Waals surface area contributed by atoms with E-state index in [9.17, 15) is 9.90 Å². The van der Waals surface area contributed by atoms with E-state index in [0.717, 1.165) is 66.3 Å². The van der Waals surface area contributed by atoms with Gasteiger partial charge in [0.1, 0.15) is 17.0 Å². The van der Waals surface area contributed by atoms with Crippen molar-refractivity contribution in [1.82, 2.24) is 24.8 Å². The fourth-order valence-corrected chi connectivity index (χ4v) is 5.46. The fourth-order valence-electron chi connectivity index (χ4n) is 5.46. The van der Waals surface area contributed by atoms with E-state index in [0.29, 0.717) is 18.8 Å². The highest BCUT2D eigenvalue weighted by Gasteiger charge is 2.23. The van der Waals surface area contributed by atoms with Crippen molar-refractivity contribution < 1.29 is 14.6 Å². The molecule has 232 valence electrons. The molecule has 3 heterocycles. The van der Waals surface area contributed by atoms with Gasteiger partial charge in [-0.25, -0.2) is 9.78 Å². The Morgan fingerprint density at radius 3 is 2.50 bits per heavy atom. The van der Waals surface area contributed by atoms with Gasteiger partial charge in [-0.15, -0.1) is 0 Å². The molecule has 9 nitrogen and oxygen atoms in total. The first-order valence-electron chi connectivity index (χ1n) is 15.4. The van der Waals surface area contributed by atoms with E-state index in [1.807, 2.05) is 33.8 Å². The first-order valence-corrected chi connectivity index (χ1v) is 15.4. The molecule has 9 heteroatoms. The van der Waals surface area contributed by atoms with Crippen LogP contribution >= 0.6 is 0 Å². The Labute approximate surface area is 260 Å². The maximum absolute atomic E-state index is 12.0. The Kier molecular flexibility index (Phi) is 9.54. The van der Waals surface area contributed by atoms with Gasteiger partial charge >= 0.3 is 6.09 Å². The van der Waals surface area contributed by atoms with E-state index in [1.165, 1.54) is 5.56 Å². The molecule has 1 amide bonds. The molecule has 0 atom stereocenters. The fraction of sp³-hybridized carbons (Fsp3) is 0.400. The summed E-state index contributed by atoms with van der Waals surface area (Å²) in [5.74, 6) is 0.944. The Hall–Kier alpha value is -4.37. The second-order valence-corrected chi connectivity index (χ2v) is 12.6. The molecule has 0 bridgehead atoms. The average molecular weight is 597 g/mol. The normalized spacial score (nSPS) is 14.8. The predicted octanol–water partition coefficient (Wildman–Crippen LogP) is 6.37. The van der Waals surface area contributed by atoms with Crippen LogP contribution in [0, 0.1) is 13.8 Å². The number of hydrogen-bond acceptors (Lipinski definition) is 7. The number of benzene rings is 2. The number of likely N-dealkylation sites (tertiary alicyclic amines) is 1. The molecule has 0 saturated carbocycles. The Balaban J connectivity index is 1.31. The first kappa shape index (κ1) is 31.1. The van der Waals surface area contributed by atoms with Crippen molar-refractivity contribution in [3.8, 4) is 5.75 Å². The van der Waals surface area contributed by atoms with Crippen LogP contribution in [-0.4, -0.2) is 68.5 Å². The summed E-state index contributed by atoms with van der Waals surface area (Å²) in [5, 5.41) is 17.2. The molecule has 1 aliphatic rings. The Morgan fingerprint density at radius 1 is 1.02 bits per heavy atom. The van der Waals surface area contributed by atoms with Crippen molar-refractivity contribution in [1.29, 1.82) is 0 Å².